The maximum absolute atomic E-state index is 13.2. The van der Waals surface area contributed by atoms with Gasteiger partial charge in [-0.25, -0.2) is 0 Å². The lowest BCUT2D eigenvalue weighted by atomic mass is 9.73. The van der Waals surface area contributed by atoms with Gasteiger partial charge >= 0.3 is 6.18 Å². The Balaban J connectivity index is 1.49. The van der Waals surface area contributed by atoms with Crippen LogP contribution in [0.4, 0.5) is 13.2 Å². The van der Waals surface area contributed by atoms with Gasteiger partial charge in [0.1, 0.15) is 6.29 Å². The molecule has 7 heteroatoms. The van der Waals surface area contributed by atoms with Crippen molar-refractivity contribution in [2.45, 2.75) is 43.2 Å². The first-order valence-electron chi connectivity index (χ1n) is 10.6. The molecule has 1 heterocycles. The van der Waals surface area contributed by atoms with Gasteiger partial charge in [0.25, 0.3) is 0 Å². The van der Waals surface area contributed by atoms with Crippen molar-refractivity contribution in [3.8, 4) is 0 Å². The van der Waals surface area contributed by atoms with Crippen molar-refractivity contribution in [1.29, 1.82) is 0 Å². The molecule has 2 aromatic rings. The molecule has 168 valence electrons. The van der Waals surface area contributed by atoms with E-state index in [9.17, 15) is 22.8 Å². The Morgan fingerprint density at radius 2 is 1.84 bits per heavy atom. The monoisotopic (exact) mass is 505 g/mol. The second kappa shape index (κ2) is 8.85. The third-order valence-corrected chi connectivity index (χ3v) is 7.40. The molecule has 1 saturated heterocycles. The van der Waals surface area contributed by atoms with Crippen LogP contribution in [0.25, 0.3) is 6.08 Å². The molecule has 0 N–H and O–H groups in total. The number of rotatable bonds is 4. The fraction of sp³-hybridized carbons (Fsp3) is 0.360. The number of alkyl halides is 3. The molecular weight excluding hydrogens is 483 g/mol. The van der Waals surface area contributed by atoms with E-state index in [2.05, 4.69) is 22.0 Å². The Morgan fingerprint density at radius 1 is 1.12 bits per heavy atom. The van der Waals surface area contributed by atoms with E-state index in [1.807, 2.05) is 12.1 Å². The summed E-state index contributed by atoms with van der Waals surface area (Å²) in [5.41, 5.74) is 1.58. The SMILES string of the molecule is O=CCC1CC2(CCN(C(=O)/C=C/c3ccccc3C(F)(F)F)CC2)c2c(Br)cccc21. The third-order valence-electron chi connectivity index (χ3n) is 6.74. The Labute approximate surface area is 193 Å². The third kappa shape index (κ3) is 4.27. The maximum Gasteiger partial charge on any atom is 0.416 e. The van der Waals surface area contributed by atoms with Crippen LogP contribution in [-0.4, -0.2) is 30.2 Å². The summed E-state index contributed by atoms with van der Waals surface area (Å²) in [6.45, 7) is 1.05. The number of halogens is 4. The predicted molar refractivity (Wildman–Crippen MR) is 120 cm³/mol. The number of hydrogen-bond acceptors (Lipinski definition) is 2. The largest absolute Gasteiger partial charge is 0.416 e. The van der Waals surface area contributed by atoms with Gasteiger partial charge in [-0.1, -0.05) is 46.3 Å². The topological polar surface area (TPSA) is 37.4 Å². The average Bonchev–Trinajstić information content (AvgIpc) is 3.06. The van der Waals surface area contributed by atoms with Crippen LogP contribution in [0.15, 0.2) is 53.0 Å². The van der Waals surface area contributed by atoms with Crippen molar-refractivity contribution in [3.05, 3.63) is 75.3 Å². The normalized spacial score (nSPS) is 20.0. The van der Waals surface area contributed by atoms with Crippen LogP contribution in [0.3, 0.4) is 0 Å². The average molecular weight is 506 g/mol. The molecule has 1 aliphatic heterocycles. The Kier molecular flexibility index (Phi) is 6.30. The van der Waals surface area contributed by atoms with E-state index in [1.54, 1.807) is 4.90 Å². The molecule has 1 amide bonds. The van der Waals surface area contributed by atoms with Gasteiger partial charge in [-0.3, -0.25) is 4.79 Å². The molecule has 2 aliphatic rings. The number of nitrogens with zero attached hydrogens (tertiary/aromatic N) is 1. The van der Waals surface area contributed by atoms with Crippen LogP contribution < -0.4 is 0 Å². The van der Waals surface area contributed by atoms with E-state index >= 15 is 0 Å². The summed E-state index contributed by atoms with van der Waals surface area (Å²) in [7, 11) is 0. The standard InChI is InChI=1S/C25H23BrF3NO2/c26-21-7-3-5-19-18(10-15-31)16-24(23(19)21)11-13-30(14-12-24)22(32)9-8-17-4-1-2-6-20(17)25(27,28)29/h1-9,15,18H,10-14,16H2/b9-8+. The zero-order valence-electron chi connectivity index (χ0n) is 17.4. The van der Waals surface area contributed by atoms with E-state index < -0.39 is 11.7 Å². The summed E-state index contributed by atoms with van der Waals surface area (Å²) in [6.07, 6.45) is 1.86. The fourth-order valence-electron chi connectivity index (χ4n) is 5.23. The van der Waals surface area contributed by atoms with E-state index in [-0.39, 0.29) is 22.8 Å². The quantitative estimate of drug-likeness (QED) is 0.370. The minimum absolute atomic E-state index is 0.0211. The lowest BCUT2D eigenvalue weighted by molar-refractivity contribution is -0.137. The van der Waals surface area contributed by atoms with Crippen LogP contribution in [0.2, 0.25) is 0 Å². The van der Waals surface area contributed by atoms with Crippen LogP contribution in [0.1, 0.15) is 53.9 Å². The highest BCUT2D eigenvalue weighted by Crippen LogP contribution is 2.54. The molecule has 32 heavy (non-hydrogen) atoms. The van der Waals surface area contributed by atoms with E-state index in [1.165, 1.54) is 41.5 Å². The number of piperidine rings is 1. The number of fused-ring (bicyclic) bond motifs is 2. The van der Waals surface area contributed by atoms with Crippen molar-refractivity contribution < 1.29 is 22.8 Å². The van der Waals surface area contributed by atoms with Crippen LogP contribution >= 0.6 is 15.9 Å². The van der Waals surface area contributed by atoms with Crippen molar-refractivity contribution in [1.82, 2.24) is 4.90 Å². The molecule has 0 aromatic heterocycles. The predicted octanol–water partition coefficient (Wildman–Crippen LogP) is 6.12. The summed E-state index contributed by atoms with van der Waals surface area (Å²) in [4.78, 5) is 25.6. The van der Waals surface area contributed by atoms with E-state index in [0.717, 1.165) is 36.1 Å². The zero-order chi connectivity index (χ0) is 22.9. The second-order valence-electron chi connectivity index (χ2n) is 8.53. The first-order chi connectivity index (χ1) is 15.2. The van der Waals surface area contributed by atoms with Gasteiger partial charge in [-0.05, 0) is 60.1 Å². The van der Waals surface area contributed by atoms with Gasteiger partial charge in [-0.2, -0.15) is 13.2 Å². The van der Waals surface area contributed by atoms with Gasteiger partial charge in [0.15, 0.2) is 0 Å². The molecule has 0 saturated carbocycles. The molecule has 1 spiro atoms. The van der Waals surface area contributed by atoms with Gasteiger partial charge in [0, 0.05) is 35.5 Å². The number of carbonyl (C=O) groups excluding carboxylic acids is 2. The molecule has 1 fully saturated rings. The smallest absolute Gasteiger partial charge is 0.339 e. The van der Waals surface area contributed by atoms with Gasteiger partial charge in [0.05, 0.1) is 5.56 Å². The highest BCUT2D eigenvalue weighted by Gasteiger charge is 2.46. The highest BCUT2D eigenvalue weighted by molar-refractivity contribution is 9.10. The molecule has 1 atom stereocenters. The van der Waals surface area contributed by atoms with Crippen molar-refractivity contribution in [2.75, 3.05) is 13.1 Å². The summed E-state index contributed by atoms with van der Waals surface area (Å²) in [5, 5.41) is 0. The summed E-state index contributed by atoms with van der Waals surface area (Å²) < 4.78 is 40.6. The molecule has 3 nitrogen and oxygen atoms in total. The summed E-state index contributed by atoms with van der Waals surface area (Å²) in [5.74, 6) is -0.104. The molecule has 4 rings (SSSR count). The number of aldehydes is 1. The number of likely N-dealkylation sites (tertiary alicyclic amines) is 1. The lowest BCUT2D eigenvalue weighted by Crippen LogP contribution is -2.44. The lowest BCUT2D eigenvalue weighted by Gasteiger charge is -2.40. The molecule has 0 radical (unpaired) electrons. The van der Waals surface area contributed by atoms with E-state index in [4.69, 9.17) is 0 Å². The Morgan fingerprint density at radius 3 is 2.53 bits per heavy atom. The first kappa shape index (κ1) is 22.8. The van der Waals surface area contributed by atoms with Crippen molar-refractivity contribution in [2.24, 2.45) is 0 Å². The number of amides is 1. The summed E-state index contributed by atoms with van der Waals surface area (Å²) >= 11 is 3.68. The van der Waals surface area contributed by atoms with Gasteiger partial charge < -0.3 is 9.69 Å². The zero-order valence-corrected chi connectivity index (χ0v) is 19.0. The summed E-state index contributed by atoms with van der Waals surface area (Å²) in [6, 6.07) is 11.3. The van der Waals surface area contributed by atoms with Crippen molar-refractivity contribution in [3.63, 3.8) is 0 Å². The molecule has 1 unspecified atom stereocenters. The van der Waals surface area contributed by atoms with Crippen molar-refractivity contribution >= 4 is 34.2 Å². The second-order valence-corrected chi connectivity index (χ2v) is 9.39. The minimum atomic E-state index is -4.47. The first-order valence-corrected chi connectivity index (χ1v) is 11.4. The fourth-order valence-corrected chi connectivity index (χ4v) is 6.03. The number of carbonyl (C=O) groups is 2. The van der Waals surface area contributed by atoms with E-state index in [0.29, 0.717) is 19.5 Å². The minimum Gasteiger partial charge on any atom is -0.339 e. The van der Waals surface area contributed by atoms with Gasteiger partial charge in [-0.15, -0.1) is 0 Å². The Hall–Kier alpha value is -2.41. The highest BCUT2D eigenvalue weighted by atomic mass is 79.9. The number of hydrogen-bond donors (Lipinski definition) is 0. The molecule has 1 aliphatic carbocycles. The van der Waals surface area contributed by atoms with Crippen LogP contribution in [0.5, 0.6) is 0 Å². The van der Waals surface area contributed by atoms with Crippen LogP contribution in [0, 0.1) is 0 Å². The molecular formula is C25H23BrF3NO2. The maximum atomic E-state index is 13.2. The Bertz CT molecular complexity index is 1060. The van der Waals surface area contributed by atoms with Gasteiger partial charge in [0.2, 0.25) is 5.91 Å². The molecule has 2 aromatic carbocycles. The molecule has 0 bridgehead atoms. The number of benzene rings is 2. The van der Waals surface area contributed by atoms with Crippen LogP contribution in [-0.2, 0) is 21.2 Å².